The van der Waals surface area contributed by atoms with Crippen LogP contribution in [0.3, 0.4) is 0 Å². The van der Waals surface area contributed by atoms with Crippen LogP contribution in [0.4, 0.5) is 0 Å². The number of esters is 1. The monoisotopic (exact) mass is 572 g/mol. The lowest BCUT2D eigenvalue weighted by Gasteiger charge is -2.61. The number of ketones is 4. The molecular weight excluding hydrogens is 528 g/mol. The van der Waals surface area contributed by atoms with Crippen molar-refractivity contribution in [3.8, 4) is 0 Å². The molecule has 9 heteroatoms. The van der Waals surface area contributed by atoms with Crippen LogP contribution < -0.4 is 0 Å². The highest BCUT2D eigenvalue weighted by Gasteiger charge is 2.74. The van der Waals surface area contributed by atoms with Crippen LogP contribution in [0.5, 0.6) is 0 Å². The Hall–Kier alpha value is -2.68. The highest BCUT2D eigenvalue weighted by molar-refractivity contribution is 6.18. The van der Waals surface area contributed by atoms with Gasteiger partial charge in [0.25, 0.3) is 0 Å². The predicted molar refractivity (Wildman–Crippen MR) is 147 cm³/mol. The van der Waals surface area contributed by atoms with Gasteiger partial charge in [-0.3, -0.25) is 28.8 Å². The van der Waals surface area contributed by atoms with Gasteiger partial charge in [0.1, 0.15) is 11.6 Å². The number of rotatable bonds is 7. The Morgan fingerprint density at radius 2 is 1.59 bits per heavy atom. The lowest BCUT2D eigenvalue weighted by Crippen LogP contribution is -2.65. The van der Waals surface area contributed by atoms with E-state index in [2.05, 4.69) is 0 Å². The predicted octanol–water partition coefficient (Wildman–Crippen LogP) is 3.88. The minimum Gasteiger partial charge on any atom is -0.481 e. The van der Waals surface area contributed by atoms with E-state index in [0.717, 1.165) is 0 Å². The number of carboxylic acid groups (broad SMARTS) is 1. The van der Waals surface area contributed by atoms with E-state index in [1.807, 2.05) is 20.8 Å². The normalized spacial score (nSPS) is 39.4. The molecule has 0 aromatic heterocycles. The number of carbonyl (C=O) groups is 6. The van der Waals surface area contributed by atoms with Gasteiger partial charge in [-0.2, -0.15) is 0 Å². The van der Waals surface area contributed by atoms with Gasteiger partial charge in [0.2, 0.25) is 5.78 Å². The van der Waals surface area contributed by atoms with Gasteiger partial charge in [0, 0.05) is 54.6 Å². The largest absolute Gasteiger partial charge is 0.481 e. The van der Waals surface area contributed by atoms with E-state index in [9.17, 15) is 39.0 Å². The summed E-state index contributed by atoms with van der Waals surface area (Å²) < 4.78 is 5.80. The van der Waals surface area contributed by atoms with Crippen LogP contribution >= 0.6 is 0 Å². The van der Waals surface area contributed by atoms with Gasteiger partial charge in [0.15, 0.2) is 11.9 Å². The molecule has 0 bridgehead atoms. The van der Waals surface area contributed by atoms with Gasteiger partial charge < -0.3 is 14.9 Å². The van der Waals surface area contributed by atoms with Crippen molar-refractivity contribution >= 4 is 35.1 Å². The Bertz CT molecular complexity index is 1260. The van der Waals surface area contributed by atoms with E-state index in [0.29, 0.717) is 12.8 Å². The third kappa shape index (κ3) is 4.28. The Morgan fingerprint density at radius 1 is 0.976 bits per heavy atom. The maximum atomic E-state index is 14.6. The van der Waals surface area contributed by atoms with Gasteiger partial charge in [0.05, 0.1) is 17.4 Å². The minimum absolute atomic E-state index is 0.00458. The fourth-order valence-corrected chi connectivity index (χ4v) is 9.17. The Labute approximate surface area is 241 Å². The lowest BCUT2D eigenvalue weighted by atomic mass is 9.42. The van der Waals surface area contributed by atoms with E-state index in [1.165, 1.54) is 13.8 Å². The highest BCUT2D eigenvalue weighted by Crippen LogP contribution is 2.70. The summed E-state index contributed by atoms with van der Waals surface area (Å²) in [5, 5.41) is 20.1. The second-order valence-corrected chi connectivity index (χ2v) is 14.4. The molecule has 0 amide bonds. The second-order valence-electron chi connectivity index (χ2n) is 14.4. The van der Waals surface area contributed by atoms with Crippen LogP contribution in [0.2, 0.25) is 0 Å². The molecule has 0 heterocycles. The maximum absolute atomic E-state index is 14.6. The summed E-state index contributed by atoms with van der Waals surface area (Å²) in [5.41, 5.74) is -3.73. The first-order valence-corrected chi connectivity index (χ1v) is 14.7. The molecule has 0 radical (unpaired) electrons. The number of allylic oxidation sites excluding steroid dienone is 1. The molecule has 0 aliphatic heterocycles. The molecule has 4 rings (SSSR count). The van der Waals surface area contributed by atoms with Crippen molar-refractivity contribution in [3.05, 3.63) is 11.1 Å². The molecule has 0 aromatic carbocycles. The van der Waals surface area contributed by atoms with Gasteiger partial charge in [-0.15, -0.1) is 0 Å². The van der Waals surface area contributed by atoms with Crippen molar-refractivity contribution in [3.63, 3.8) is 0 Å². The standard InChI is InChI=1S/C32H44O9/c1-15(11-18(34)12-16(2)28(39)40)19-13-23(37)32(8)24-20(35)14-21-29(4,5)22(36)9-10-30(21,6)25(24)26(38)27(31(19,32)7)41-17(3)33/h15-16,19,21-22,27,36H,9-14H2,1-8H3,(H,39,40)/t15-,16?,19-,21+,22+,27-,30+,31+,32+/m1/s1. The number of aliphatic hydroxyl groups excluding tert-OH is 1. The molecule has 2 fully saturated rings. The SMILES string of the molecule is CC(=O)O[C@@H]1C(=O)C2=C(C(=O)C[C@H]3C(C)(C)[C@@H](O)CC[C@]23C)[C@]2(C)C(=O)C[C@H]([C@H](C)CC(=O)CC(C)C(=O)O)[C@@]12C. The summed E-state index contributed by atoms with van der Waals surface area (Å²) in [5.74, 6) is -5.24. The zero-order valence-electron chi connectivity index (χ0n) is 25.5. The topological polar surface area (TPSA) is 152 Å². The molecule has 2 N–H and O–H groups in total. The van der Waals surface area contributed by atoms with Gasteiger partial charge >= 0.3 is 11.9 Å². The van der Waals surface area contributed by atoms with Crippen molar-refractivity contribution in [2.45, 2.75) is 106 Å². The van der Waals surface area contributed by atoms with Gasteiger partial charge in [-0.1, -0.05) is 41.5 Å². The van der Waals surface area contributed by atoms with E-state index in [-0.39, 0.29) is 60.1 Å². The second kappa shape index (κ2) is 9.96. The smallest absolute Gasteiger partial charge is 0.306 e. The number of hydrogen-bond acceptors (Lipinski definition) is 8. The highest BCUT2D eigenvalue weighted by atomic mass is 16.5. The van der Waals surface area contributed by atoms with Crippen LogP contribution in [0.15, 0.2) is 11.1 Å². The molecule has 9 nitrogen and oxygen atoms in total. The van der Waals surface area contributed by atoms with Gasteiger partial charge in [-0.25, -0.2) is 0 Å². The van der Waals surface area contributed by atoms with Crippen LogP contribution in [-0.2, 0) is 33.5 Å². The minimum atomic E-state index is -1.43. The third-order valence-corrected chi connectivity index (χ3v) is 11.8. The number of carboxylic acids is 1. The molecule has 226 valence electrons. The zero-order valence-corrected chi connectivity index (χ0v) is 25.5. The fourth-order valence-electron chi connectivity index (χ4n) is 9.17. The number of Topliss-reactive ketones (excluding diaryl/α,β-unsaturated/α-hetero) is 4. The fraction of sp³-hybridized carbons (Fsp3) is 0.750. The Balaban J connectivity index is 1.88. The van der Waals surface area contributed by atoms with E-state index < -0.39 is 69.3 Å². The van der Waals surface area contributed by atoms with Crippen LogP contribution in [0.1, 0.15) is 93.9 Å². The average Bonchev–Trinajstić information content (AvgIpc) is 3.07. The van der Waals surface area contributed by atoms with Crippen molar-refractivity contribution in [2.24, 2.45) is 45.3 Å². The molecule has 2 saturated carbocycles. The van der Waals surface area contributed by atoms with Crippen LogP contribution in [0.25, 0.3) is 0 Å². The molecule has 9 atom stereocenters. The summed E-state index contributed by atoms with van der Waals surface area (Å²) >= 11 is 0. The summed E-state index contributed by atoms with van der Waals surface area (Å²) in [7, 11) is 0. The molecule has 0 saturated heterocycles. The van der Waals surface area contributed by atoms with E-state index >= 15 is 0 Å². The average molecular weight is 573 g/mol. The number of ether oxygens (including phenoxy) is 1. The van der Waals surface area contributed by atoms with Crippen molar-refractivity contribution in [1.29, 1.82) is 0 Å². The summed E-state index contributed by atoms with van der Waals surface area (Å²) in [6.45, 7) is 13.6. The third-order valence-electron chi connectivity index (χ3n) is 11.8. The summed E-state index contributed by atoms with van der Waals surface area (Å²) in [6.07, 6.45) is -1.19. The first-order chi connectivity index (χ1) is 18.8. The molecule has 0 aromatic rings. The summed E-state index contributed by atoms with van der Waals surface area (Å²) in [6, 6.07) is 0. The van der Waals surface area contributed by atoms with Crippen LogP contribution in [0, 0.1) is 45.3 Å². The van der Waals surface area contributed by atoms with E-state index in [1.54, 1.807) is 20.8 Å². The number of aliphatic carboxylic acids is 1. The quantitative estimate of drug-likeness (QED) is 0.433. The number of hydrogen-bond donors (Lipinski definition) is 2. The molecule has 4 aliphatic carbocycles. The number of aliphatic hydroxyl groups is 1. The molecular formula is C32H44O9. The van der Waals surface area contributed by atoms with E-state index in [4.69, 9.17) is 4.74 Å². The molecule has 41 heavy (non-hydrogen) atoms. The van der Waals surface area contributed by atoms with Crippen LogP contribution in [-0.4, -0.2) is 57.5 Å². The molecule has 1 unspecified atom stereocenters. The van der Waals surface area contributed by atoms with Gasteiger partial charge in [-0.05, 0) is 42.9 Å². The zero-order chi connectivity index (χ0) is 31.0. The van der Waals surface area contributed by atoms with Crippen molar-refractivity contribution in [2.75, 3.05) is 0 Å². The first kappa shape index (κ1) is 31.3. The molecule has 4 aliphatic rings. The first-order valence-electron chi connectivity index (χ1n) is 14.7. The molecule has 0 spiro atoms. The number of carbonyl (C=O) groups excluding carboxylic acids is 5. The Kier molecular flexibility index (Phi) is 7.59. The lowest BCUT2D eigenvalue weighted by molar-refractivity contribution is -0.176. The summed E-state index contributed by atoms with van der Waals surface area (Å²) in [4.78, 5) is 79.5. The maximum Gasteiger partial charge on any atom is 0.306 e. The van der Waals surface area contributed by atoms with Crippen molar-refractivity contribution < 1.29 is 43.7 Å². The Morgan fingerprint density at radius 3 is 2.15 bits per heavy atom. The van der Waals surface area contributed by atoms with Crippen molar-refractivity contribution in [1.82, 2.24) is 0 Å². The number of fused-ring (bicyclic) bond motifs is 4.